The van der Waals surface area contributed by atoms with Gasteiger partial charge in [0, 0.05) is 24.8 Å². The number of rotatable bonds is 7. The summed E-state index contributed by atoms with van der Waals surface area (Å²) < 4.78 is 4.76. The molecule has 1 rings (SSSR count). The Morgan fingerprint density at radius 2 is 1.58 bits per heavy atom. The maximum atomic E-state index is 12.0. The minimum atomic E-state index is -1.18. The number of benzene rings is 1. The molecular weight excluding hydrogens is 312 g/mol. The van der Waals surface area contributed by atoms with E-state index in [1.54, 1.807) is 0 Å². The molecule has 1 aromatic rings. The first-order valence-electron chi connectivity index (χ1n) is 7.55. The van der Waals surface area contributed by atoms with Crippen molar-refractivity contribution in [2.24, 2.45) is 5.41 Å². The lowest BCUT2D eigenvalue weighted by molar-refractivity contribution is -0.140. The first kappa shape index (κ1) is 19.6. The number of carboxylic acids is 1. The van der Waals surface area contributed by atoms with Crippen LogP contribution in [0.1, 0.15) is 41.5 Å². The zero-order valence-electron chi connectivity index (χ0n) is 14.4. The topological polar surface area (TPSA) is 105 Å². The van der Waals surface area contributed by atoms with Crippen LogP contribution < -0.4 is 10.6 Å². The molecule has 0 radical (unpaired) electrons. The summed E-state index contributed by atoms with van der Waals surface area (Å²) in [5.41, 5.74) is 0.676. The highest BCUT2D eigenvalue weighted by atomic mass is 16.5. The van der Waals surface area contributed by atoms with E-state index in [1.807, 2.05) is 20.8 Å². The Bertz CT molecular complexity index is 590. The molecule has 0 spiro atoms. The van der Waals surface area contributed by atoms with Crippen molar-refractivity contribution in [3.05, 3.63) is 35.4 Å². The van der Waals surface area contributed by atoms with Crippen LogP contribution in [0.3, 0.4) is 0 Å². The van der Waals surface area contributed by atoms with Crippen LogP contribution in [0, 0.1) is 5.41 Å². The van der Waals surface area contributed by atoms with Crippen LogP contribution in [0.25, 0.3) is 0 Å². The van der Waals surface area contributed by atoms with Gasteiger partial charge in [-0.15, -0.1) is 0 Å². The molecule has 3 N–H and O–H groups in total. The number of methoxy groups -OCH3 is 1. The number of hydrogen-bond acceptors (Lipinski definition) is 4. The molecule has 1 atom stereocenters. The van der Waals surface area contributed by atoms with Gasteiger partial charge in [-0.05, 0) is 29.7 Å². The fourth-order valence-electron chi connectivity index (χ4n) is 1.80. The Morgan fingerprint density at radius 3 is 2.00 bits per heavy atom. The summed E-state index contributed by atoms with van der Waals surface area (Å²) in [5, 5.41) is 14.2. The van der Waals surface area contributed by atoms with E-state index in [-0.39, 0.29) is 23.5 Å². The molecule has 0 saturated heterocycles. The van der Waals surface area contributed by atoms with Gasteiger partial charge in [0.2, 0.25) is 0 Å². The van der Waals surface area contributed by atoms with Crippen molar-refractivity contribution in [3.8, 4) is 0 Å². The van der Waals surface area contributed by atoms with Gasteiger partial charge in [0.1, 0.15) is 0 Å². The summed E-state index contributed by atoms with van der Waals surface area (Å²) in [6.45, 7) is 6.44. The molecule has 24 heavy (non-hydrogen) atoms. The molecule has 7 nitrogen and oxygen atoms in total. The first-order chi connectivity index (χ1) is 11.1. The molecule has 0 aliphatic carbocycles. The van der Waals surface area contributed by atoms with Crippen molar-refractivity contribution < 1.29 is 24.2 Å². The molecule has 0 saturated carbocycles. The Kier molecular flexibility index (Phi) is 6.91. The van der Waals surface area contributed by atoms with Crippen molar-refractivity contribution in [2.45, 2.75) is 26.8 Å². The number of carbonyl (C=O) groups excluding carboxylic acids is 2. The van der Waals surface area contributed by atoms with Gasteiger partial charge in [-0.25, -0.2) is 4.79 Å². The zero-order chi connectivity index (χ0) is 18.3. The number of nitrogens with one attached hydrogen (secondary N) is 2. The fourth-order valence-corrected chi connectivity index (χ4v) is 1.80. The highest BCUT2D eigenvalue weighted by molar-refractivity contribution is 5.99. The third-order valence-corrected chi connectivity index (χ3v) is 3.13. The lowest BCUT2D eigenvalue weighted by atomic mass is 9.97. The van der Waals surface area contributed by atoms with Crippen molar-refractivity contribution in [1.82, 2.24) is 10.6 Å². The van der Waals surface area contributed by atoms with E-state index in [0.29, 0.717) is 12.1 Å². The maximum Gasteiger partial charge on any atom is 0.328 e. The average molecular weight is 336 g/mol. The maximum absolute atomic E-state index is 12.0. The highest BCUT2D eigenvalue weighted by Gasteiger charge is 2.20. The highest BCUT2D eigenvalue weighted by Crippen LogP contribution is 2.11. The lowest BCUT2D eigenvalue weighted by Gasteiger charge is -2.18. The van der Waals surface area contributed by atoms with Gasteiger partial charge in [-0.3, -0.25) is 9.59 Å². The van der Waals surface area contributed by atoms with Gasteiger partial charge >= 0.3 is 5.97 Å². The molecule has 132 valence electrons. The van der Waals surface area contributed by atoms with Gasteiger partial charge in [-0.2, -0.15) is 0 Å². The van der Waals surface area contributed by atoms with Crippen LogP contribution in [0.4, 0.5) is 0 Å². The van der Waals surface area contributed by atoms with Crippen molar-refractivity contribution in [2.75, 3.05) is 20.3 Å². The second kappa shape index (κ2) is 8.44. The molecule has 0 aliphatic heterocycles. The molecular formula is C17H24N2O5. The Morgan fingerprint density at radius 1 is 1.08 bits per heavy atom. The van der Waals surface area contributed by atoms with Crippen molar-refractivity contribution in [1.29, 1.82) is 0 Å². The number of carboxylic acid groups (broad SMARTS) is 1. The summed E-state index contributed by atoms with van der Waals surface area (Å²) in [6.07, 6.45) is 0. The number of carbonyl (C=O) groups is 3. The molecule has 0 aromatic heterocycles. The molecule has 7 heteroatoms. The number of ether oxygens (including phenoxy) is 1. The fraction of sp³-hybridized carbons (Fsp3) is 0.471. The van der Waals surface area contributed by atoms with E-state index in [9.17, 15) is 14.4 Å². The smallest absolute Gasteiger partial charge is 0.328 e. The summed E-state index contributed by atoms with van der Waals surface area (Å²) >= 11 is 0. The summed E-state index contributed by atoms with van der Waals surface area (Å²) in [6, 6.07) is 4.88. The minimum absolute atomic E-state index is 0.0251. The second-order valence-electron chi connectivity index (χ2n) is 6.64. The molecule has 0 aliphatic rings. The van der Waals surface area contributed by atoms with Crippen LogP contribution >= 0.6 is 0 Å². The summed E-state index contributed by atoms with van der Waals surface area (Å²) in [5.74, 6) is -1.94. The monoisotopic (exact) mass is 336 g/mol. The number of hydrogen-bond donors (Lipinski definition) is 3. The Hall–Kier alpha value is -2.41. The van der Waals surface area contributed by atoms with Crippen molar-refractivity contribution in [3.63, 3.8) is 0 Å². The SMILES string of the molecule is COCC(NC(=O)c1ccc(C(=O)NCC(C)(C)C)cc1)C(=O)O. The Labute approximate surface area is 141 Å². The van der Waals surface area contributed by atoms with E-state index in [2.05, 4.69) is 10.6 Å². The van der Waals surface area contributed by atoms with Gasteiger partial charge in [-0.1, -0.05) is 20.8 Å². The van der Waals surface area contributed by atoms with Crippen LogP contribution in [0.5, 0.6) is 0 Å². The minimum Gasteiger partial charge on any atom is -0.480 e. The Balaban J connectivity index is 2.71. The molecule has 1 aromatic carbocycles. The standard InChI is InChI=1S/C17H24N2O5/c1-17(2,3)10-18-14(20)11-5-7-12(8-6-11)15(21)19-13(9-24-4)16(22)23/h5-8,13H,9-10H2,1-4H3,(H,18,20)(H,19,21)(H,22,23). The second-order valence-corrected chi connectivity index (χ2v) is 6.64. The molecule has 0 fully saturated rings. The summed E-state index contributed by atoms with van der Waals surface area (Å²) in [4.78, 5) is 35.1. The van der Waals surface area contributed by atoms with E-state index in [4.69, 9.17) is 9.84 Å². The first-order valence-corrected chi connectivity index (χ1v) is 7.55. The van der Waals surface area contributed by atoms with E-state index >= 15 is 0 Å². The van der Waals surface area contributed by atoms with Crippen LogP contribution in [-0.2, 0) is 9.53 Å². The predicted octanol–water partition coefficient (Wildman–Crippen LogP) is 1.29. The molecule has 1 unspecified atom stereocenters. The zero-order valence-corrected chi connectivity index (χ0v) is 14.4. The lowest BCUT2D eigenvalue weighted by Crippen LogP contribution is -2.43. The van der Waals surface area contributed by atoms with Crippen molar-refractivity contribution >= 4 is 17.8 Å². The van der Waals surface area contributed by atoms with Gasteiger partial charge in [0.15, 0.2) is 6.04 Å². The van der Waals surface area contributed by atoms with Crippen LogP contribution in [0.2, 0.25) is 0 Å². The molecule has 2 amide bonds. The molecule has 0 heterocycles. The molecule has 0 bridgehead atoms. The van der Waals surface area contributed by atoms with Gasteiger partial charge < -0.3 is 20.5 Å². The van der Waals surface area contributed by atoms with Crippen LogP contribution in [0.15, 0.2) is 24.3 Å². The number of amides is 2. The third kappa shape index (κ3) is 6.37. The van der Waals surface area contributed by atoms with Gasteiger partial charge in [0.05, 0.1) is 6.61 Å². The summed E-state index contributed by atoms with van der Waals surface area (Å²) in [7, 11) is 1.35. The largest absolute Gasteiger partial charge is 0.480 e. The third-order valence-electron chi connectivity index (χ3n) is 3.13. The van der Waals surface area contributed by atoms with E-state index < -0.39 is 17.9 Å². The quantitative estimate of drug-likeness (QED) is 0.696. The normalized spacial score (nSPS) is 12.3. The average Bonchev–Trinajstić information content (AvgIpc) is 2.51. The van der Waals surface area contributed by atoms with Crippen LogP contribution in [-0.4, -0.2) is 49.2 Å². The predicted molar refractivity (Wildman–Crippen MR) is 89.0 cm³/mol. The van der Waals surface area contributed by atoms with E-state index in [1.165, 1.54) is 31.4 Å². The van der Waals surface area contributed by atoms with E-state index in [0.717, 1.165) is 0 Å². The number of aliphatic carboxylic acids is 1. The van der Waals surface area contributed by atoms with Gasteiger partial charge in [0.25, 0.3) is 11.8 Å².